The van der Waals surface area contributed by atoms with Gasteiger partial charge in [0.2, 0.25) is 0 Å². The van der Waals surface area contributed by atoms with Crippen LogP contribution in [0.25, 0.3) is 11.0 Å². The van der Waals surface area contributed by atoms with E-state index in [4.69, 9.17) is 5.11 Å². The van der Waals surface area contributed by atoms with Gasteiger partial charge < -0.3 is 5.11 Å². The Morgan fingerprint density at radius 3 is 2.50 bits per heavy atom. The Morgan fingerprint density at radius 1 is 1.28 bits per heavy atom. The van der Waals surface area contributed by atoms with E-state index in [0.29, 0.717) is 16.7 Å². The largest absolute Gasteiger partial charge is 0.480 e. The van der Waals surface area contributed by atoms with Crippen molar-refractivity contribution >= 4 is 17.0 Å². The fourth-order valence-corrected chi connectivity index (χ4v) is 1.92. The highest BCUT2D eigenvalue weighted by molar-refractivity contribution is 5.78. The number of hydrogen-bond donors (Lipinski definition) is 1. The summed E-state index contributed by atoms with van der Waals surface area (Å²) in [6, 6.07) is 3.68. The molecule has 0 saturated heterocycles. The van der Waals surface area contributed by atoms with E-state index in [1.807, 2.05) is 19.9 Å². The van der Waals surface area contributed by atoms with Crippen molar-refractivity contribution in [1.82, 2.24) is 9.55 Å². The number of rotatable bonds is 2. The second-order valence-corrected chi connectivity index (χ2v) is 4.41. The molecular weight excluding hydrogens is 232 g/mol. The van der Waals surface area contributed by atoms with Gasteiger partial charge in [-0.25, -0.2) is 4.98 Å². The highest BCUT2D eigenvalue weighted by Crippen LogP contribution is 2.16. The average Bonchev–Trinajstić information content (AvgIpc) is 2.28. The van der Waals surface area contributed by atoms with Crippen molar-refractivity contribution in [3.8, 4) is 0 Å². The van der Waals surface area contributed by atoms with Gasteiger partial charge in [0.1, 0.15) is 12.2 Å². The minimum Gasteiger partial charge on any atom is -0.480 e. The Kier molecular flexibility index (Phi) is 2.90. The molecular formula is C13H14N2O3. The number of fused-ring (bicyclic) bond motifs is 1. The third kappa shape index (κ3) is 1.99. The summed E-state index contributed by atoms with van der Waals surface area (Å²) >= 11 is 0. The molecule has 0 fully saturated rings. The summed E-state index contributed by atoms with van der Waals surface area (Å²) in [6.45, 7) is 5.12. The van der Waals surface area contributed by atoms with Crippen LogP contribution in [0.5, 0.6) is 0 Å². The first-order chi connectivity index (χ1) is 8.40. The number of carbonyl (C=O) groups is 1. The first-order valence-corrected chi connectivity index (χ1v) is 5.60. The van der Waals surface area contributed by atoms with Crippen LogP contribution >= 0.6 is 0 Å². The van der Waals surface area contributed by atoms with Crippen molar-refractivity contribution in [3.63, 3.8) is 0 Å². The third-order valence-corrected chi connectivity index (χ3v) is 3.02. The standard InChI is InChI=1S/C13H14N2O3/c1-7-4-10-11(5-8(7)2)15(6-12(16)17)13(18)9(3)14-10/h4-5H,6H2,1-3H3,(H,16,17). The van der Waals surface area contributed by atoms with Crippen LogP contribution < -0.4 is 5.56 Å². The van der Waals surface area contributed by atoms with E-state index in [9.17, 15) is 9.59 Å². The maximum Gasteiger partial charge on any atom is 0.323 e. The third-order valence-electron chi connectivity index (χ3n) is 3.02. The van der Waals surface area contributed by atoms with E-state index >= 15 is 0 Å². The predicted octanol–water partition coefficient (Wildman–Crippen LogP) is 1.41. The van der Waals surface area contributed by atoms with Crippen molar-refractivity contribution in [2.75, 3.05) is 0 Å². The fraction of sp³-hybridized carbons (Fsp3) is 0.308. The predicted molar refractivity (Wildman–Crippen MR) is 67.8 cm³/mol. The molecule has 0 bridgehead atoms. The van der Waals surface area contributed by atoms with Crippen molar-refractivity contribution in [2.45, 2.75) is 27.3 Å². The monoisotopic (exact) mass is 246 g/mol. The molecule has 0 radical (unpaired) electrons. The van der Waals surface area contributed by atoms with Crippen molar-refractivity contribution in [2.24, 2.45) is 0 Å². The summed E-state index contributed by atoms with van der Waals surface area (Å²) < 4.78 is 1.26. The van der Waals surface area contributed by atoms with Gasteiger partial charge in [-0.1, -0.05) is 0 Å². The summed E-state index contributed by atoms with van der Waals surface area (Å²) in [4.78, 5) is 27.0. The fourth-order valence-electron chi connectivity index (χ4n) is 1.92. The maximum atomic E-state index is 12.0. The lowest BCUT2D eigenvalue weighted by Gasteiger charge is -2.11. The molecule has 94 valence electrons. The Bertz CT molecular complexity index is 701. The van der Waals surface area contributed by atoms with Gasteiger partial charge in [0.25, 0.3) is 5.56 Å². The second-order valence-electron chi connectivity index (χ2n) is 4.41. The van der Waals surface area contributed by atoms with Gasteiger partial charge in [-0.05, 0) is 44.0 Å². The molecule has 5 nitrogen and oxygen atoms in total. The number of carboxylic acids is 1. The minimum atomic E-state index is -1.04. The van der Waals surface area contributed by atoms with E-state index in [-0.39, 0.29) is 12.1 Å². The molecule has 2 aromatic rings. The number of carboxylic acid groups (broad SMARTS) is 1. The summed E-state index contributed by atoms with van der Waals surface area (Å²) in [6.07, 6.45) is 0. The van der Waals surface area contributed by atoms with E-state index in [1.165, 1.54) is 4.57 Å². The van der Waals surface area contributed by atoms with Gasteiger partial charge in [0.05, 0.1) is 11.0 Å². The minimum absolute atomic E-state index is 0.312. The van der Waals surface area contributed by atoms with E-state index in [0.717, 1.165) is 11.1 Å². The van der Waals surface area contributed by atoms with Gasteiger partial charge in [-0.3, -0.25) is 14.2 Å². The van der Waals surface area contributed by atoms with Crippen LogP contribution in [-0.4, -0.2) is 20.6 Å². The van der Waals surface area contributed by atoms with Crippen LogP contribution in [0.15, 0.2) is 16.9 Å². The number of hydrogen-bond acceptors (Lipinski definition) is 3. The highest BCUT2D eigenvalue weighted by Gasteiger charge is 2.11. The van der Waals surface area contributed by atoms with Crippen molar-refractivity contribution in [3.05, 3.63) is 39.3 Å². The van der Waals surface area contributed by atoms with E-state index < -0.39 is 5.97 Å². The topological polar surface area (TPSA) is 72.2 Å². The van der Waals surface area contributed by atoms with Gasteiger partial charge >= 0.3 is 5.97 Å². The molecule has 1 heterocycles. The molecule has 0 unspecified atom stereocenters. The second kappa shape index (κ2) is 4.25. The zero-order valence-corrected chi connectivity index (χ0v) is 10.5. The summed E-state index contributed by atoms with van der Waals surface area (Å²) in [5.74, 6) is -1.04. The van der Waals surface area contributed by atoms with Crippen LogP contribution in [0.3, 0.4) is 0 Å². The molecule has 0 spiro atoms. The van der Waals surface area contributed by atoms with E-state index in [2.05, 4.69) is 4.98 Å². The smallest absolute Gasteiger partial charge is 0.323 e. The Hall–Kier alpha value is -2.17. The zero-order chi connectivity index (χ0) is 13.4. The van der Waals surface area contributed by atoms with Gasteiger partial charge in [0, 0.05) is 0 Å². The van der Waals surface area contributed by atoms with Crippen molar-refractivity contribution < 1.29 is 9.90 Å². The SMILES string of the molecule is Cc1cc2nc(C)c(=O)n(CC(=O)O)c2cc1C. The lowest BCUT2D eigenvalue weighted by Crippen LogP contribution is -2.27. The lowest BCUT2D eigenvalue weighted by atomic mass is 10.1. The number of aromatic nitrogens is 2. The number of benzene rings is 1. The molecule has 1 aromatic carbocycles. The van der Waals surface area contributed by atoms with Gasteiger partial charge in [0.15, 0.2) is 0 Å². The summed E-state index contributed by atoms with van der Waals surface area (Å²) in [7, 11) is 0. The maximum absolute atomic E-state index is 12.0. The Balaban J connectivity index is 2.87. The molecule has 5 heteroatoms. The molecule has 1 aromatic heterocycles. The molecule has 0 atom stereocenters. The number of aryl methyl sites for hydroxylation is 3. The Morgan fingerprint density at radius 2 is 1.89 bits per heavy atom. The zero-order valence-electron chi connectivity index (χ0n) is 10.5. The molecule has 2 rings (SSSR count). The van der Waals surface area contributed by atoms with E-state index in [1.54, 1.807) is 13.0 Å². The molecule has 0 aliphatic carbocycles. The van der Waals surface area contributed by atoms with Crippen LogP contribution in [0.1, 0.15) is 16.8 Å². The summed E-state index contributed by atoms with van der Waals surface area (Å²) in [5, 5.41) is 8.89. The quantitative estimate of drug-likeness (QED) is 0.869. The first-order valence-electron chi connectivity index (χ1n) is 5.60. The molecule has 0 aliphatic rings. The number of nitrogens with zero attached hydrogens (tertiary/aromatic N) is 2. The molecule has 0 saturated carbocycles. The highest BCUT2D eigenvalue weighted by atomic mass is 16.4. The molecule has 1 N–H and O–H groups in total. The van der Waals surface area contributed by atoms with Crippen LogP contribution in [0, 0.1) is 20.8 Å². The Labute approximate surface area is 104 Å². The van der Waals surface area contributed by atoms with Crippen molar-refractivity contribution in [1.29, 1.82) is 0 Å². The molecule has 0 amide bonds. The average molecular weight is 246 g/mol. The summed E-state index contributed by atoms with van der Waals surface area (Å²) in [5.41, 5.74) is 3.24. The van der Waals surface area contributed by atoms with Crippen LogP contribution in [-0.2, 0) is 11.3 Å². The van der Waals surface area contributed by atoms with Crippen LogP contribution in [0.2, 0.25) is 0 Å². The van der Waals surface area contributed by atoms with Crippen LogP contribution in [0.4, 0.5) is 0 Å². The lowest BCUT2D eigenvalue weighted by molar-refractivity contribution is -0.137. The molecule has 18 heavy (non-hydrogen) atoms. The van der Waals surface area contributed by atoms with Gasteiger partial charge in [-0.15, -0.1) is 0 Å². The number of aliphatic carboxylic acids is 1. The first kappa shape index (κ1) is 12.3. The van der Waals surface area contributed by atoms with Gasteiger partial charge in [-0.2, -0.15) is 0 Å². The normalized spacial score (nSPS) is 10.8. The molecule has 0 aliphatic heterocycles.